The number of hydrogen-bond acceptors (Lipinski definition) is 4. The van der Waals surface area contributed by atoms with E-state index in [1.54, 1.807) is 0 Å². The maximum Gasteiger partial charge on any atom is 0.290 e. The molecule has 5 rings (SSSR count). The van der Waals surface area contributed by atoms with Gasteiger partial charge in [-0.3, -0.25) is 19.3 Å². The Bertz CT molecular complexity index is 1790. The predicted octanol–water partition coefficient (Wildman–Crippen LogP) is 6.26. The number of hydrogen-bond donors (Lipinski definition) is 2. The summed E-state index contributed by atoms with van der Waals surface area (Å²) in [6.07, 6.45) is -1.84. The van der Waals surface area contributed by atoms with Crippen molar-refractivity contribution in [1.82, 2.24) is 20.1 Å². The van der Waals surface area contributed by atoms with Crippen LogP contribution in [0, 0.1) is 17.5 Å². The average Bonchev–Trinajstić information content (AvgIpc) is 3.48. The SMILES string of the molecule is C=C[C@@H]1CC(F)(F)c2c1c(C(F)F)nn2CC(=O)NC(Cc1cc(F)cc(F)c1)c1ncccc1-c1ccc(F)c(C(N)=O)c1. The second-order valence-electron chi connectivity index (χ2n) is 10.5. The largest absolute Gasteiger partial charge is 0.366 e. The summed E-state index contributed by atoms with van der Waals surface area (Å²) in [6.45, 7) is 2.54. The van der Waals surface area contributed by atoms with Gasteiger partial charge < -0.3 is 11.1 Å². The Morgan fingerprint density at radius 3 is 2.44 bits per heavy atom. The molecule has 14 heteroatoms. The van der Waals surface area contributed by atoms with Crippen molar-refractivity contribution in [2.75, 3.05) is 0 Å². The molecule has 0 radical (unpaired) electrons. The van der Waals surface area contributed by atoms with Gasteiger partial charge in [0.2, 0.25) is 5.91 Å². The Kier molecular flexibility index (Phi) is 8.50. The standard InChI is InChI=1S/C31H24F7N5O2/c1-2-16-13-31(37,38)28-25(16)27(29(35)36)42-43(28)14-24(44)41-23(10-15-8-18(32)12-19(33)9-15)26-20(4-3-7-40-26)17-5-6-22(34)21(11-17)30(39)45/h2-9,11-12,16,23,29H,1,10,13-14H2,(H2,39,45)(H,41,44)/t16-,23?/m1/s1. The van der Waals surface area contributed by atoms with Gasteiger partial charge in [0, 0.05) is 35.7 Å². The molecule has 0 saturated carbocycles. The van der Waals surface area contributed by atoms with Crippen LogP contribution in [0.4, 0.5) is 30.7 Å². The van der Waals surface area contributed by atoms with Crippen molar-refractivity contribution >= 4 is 11.8 Å². The number of rotatable bonds is 10. The molecule has 2 aromatic carbocycles. The molecule has 234 valence electrons. The monoisotopic (exact) mass is 631 g/mol. The number of nitrogens with zero attached hydrogens (tertiary/aromatic N) is 3. The van der Waals surface area contributed by atoms with E-state index < -0.39 is 89.1 Å². The minimum atomic E-state index is -3.58. The molecule has 0 saturated heterocycles. The highest BCUT2D eigenvalue weighted by Crippen LogP contribution is 2.51. The number of aromatic nitrogens is 3. The van der Waals surface area contributed by atoms with Crippen molar-refractivity contribution in [1.29, 1.82) is 0 Å². The number of halogens is 7. The number of amides is 2. The van der Waals surface area contributed by atoms with E-state index in [0.29, 0.717) is 10.7 Å². The third-order valence-electron chi connectivity index (χ3n) is 7.40. The molecular formula is C31H24F7N5O2. The van der Waals surface area contributed by atoms with Crippen LogP contribution in [0.15, 0.2) is 67.4 Å². The number of benzene rings is 2. The van der Waals surface area contributed by atoms with Gasteiger partial charge in [-0.05, 0) is 47.9 Å². The number of fused-ring (bicyclic) bond motifs is 1. The molecule has 0 bridgehead atoms. The van der Waals surface area contributed by atoms with Crippen molar-refractivity contribution in [3.05, 3.63) is 119 Å². The summed E-state index contributed by atoms with van der Waals surface area (Å²) >= 11 is 0. The van der Waals surface area contributed by atoms with Crippen LogP contribution in [0.2, 0.25) is 0 Å². The predicted molar refractivity (Wildman–Crippen MR) is 148 cm³/mol. The van der Waals surface area contributed by atoms with Gasteiger partial charge in [-0.2, -0.15) is 13.9 Å². The number of nitrogens with one attached hydrogen (secondary N) is 1. The van der Waals surface area contributed by atoms with Gasteiger partial charge in [0.25, 0.3) is 18.3 Å². The number of carbonyl (C=O) groups is 2. The van der Waals surface area contributed by atoms with E-state index in [1.807, 2.05) is 0 Å². The number of alkyl halides is 4. The number of carbonyl (C=O) groups excluding carboxylic acids is 2. The van der Waals surface area contributed by atoms with Crippen LogP contribution in [0.5, 0.6) is 0 Å². The highest BCUT2D eigenvalue weighted by molar-refractivity contribution is 5.94. The van der Waals surface area contributed by atoms with E-state index in [-0.39, 0.29) is 28.8 Å². The lowest BCUT2D eigenvalue weighted by Crippen LogP contribution is -2.35. The molecule has 1 unspecified atom stereocenters. The van der Waals surface area contributed by atoms with E-state index in [1.165, 1.54) is 24.4 Å². The van der Waals surface area contributed by atoms with Crippen molar-refractivity contribution in [2.45, 2.75) is 43.7 Å². The molecule has 2 amide bonds. The normalized spacial score (nSPS) is 16.0. The van der Waals surface area contributed by atoms with Crippen LogP contribution < -0.4 is 11.1 Å². The van der Waals surface area contributed by atoms with Gasteiger partial charge in [-0.1, -0.05) is 18.2 Å². The smallest absolute Gasteiger partial charge is 0.290 e. The molecule has 1 aliphatic rings. The van der Waals surface area contributed by atoms with E-state index in [9.17, 15) is 40.3 Å². The highest BCUT2D eigenvalue weighted by Gasteiger charge is 2.50. The number of pyridine rings is 1. The molecule has 2 heterocycles. The second kappa shape index (κ2) is 12.2. The van der Waals surface area contributed by atoms with Crippen LogP contribution in [0.25, 0.3) is 11.1 Å². The van der Waals surface area contributed by atoms with Gasteiger partial charge >= 0.3 is 0 Å². The van der Waals surface area contributed by atoms with Gasteiger partial charge in [0.05, 0.1) is 17.3 Å². The molecule has 0 aliphatic heterocycles. The summed E-state index contributed by atoms with van der Waals surface area (Å²) in [4.78, 5) is 29.5. The topological polar surface area (TPSA) is 103 Å². The lowest BCUT2D eigenvalue weighted by Gasteiger charge is -2.22. The minimum Gasteiger partial charge on any atom is -0.366 e. The molecule has 7 nitrogen and oxygen atoms in total. The lowest BCUT2D eigenvalue weighted by atomic mass is 9.94. The Hall–Kier alpha value is -5.01. The van der Waals surface area contributed by atoms with E-state index in [4.69, 9.17) is 5.73 Å². The van der Waals surface area contributed by atoms with Crippen LogP contribution in [0.1, 0.15) is 63.4 Å². The molecule has 4 aromatic rings. The molecular weight excluding hydrogens is 607 g/mol. The average molecular weight is 632 g/mol. The zero-order chi connectivity index (χ0) is 32.6. The Morgan fingerprint density at radius 1 is 1.09 bits per heavy atom. The Morgan fingerprint density at radius 2 is 1.80 bits per heavy atom. The molecule has 2 atom stereocenters. The summed E-state index contributed by atoms with van der Waals surface area (Å²) in [6, 6.07) is 7.98. The summed E-state index contributed by atoms with van der Waals surface area (Å²) < 4.78 is 101. The molecule has 0 spiro atoms. The highest BCUT2D eigenvalue weighted by atomic mass is 19.3. The molecule has 3 N–H and O–H groups in total. The first-order valence-corrected chi connectivity index (χ1v) is 13.5. The van der Waals surface area contributed by atoms with E-state index >= 15 is 0 Å². The zero-order valence-electron chi connectivity index (χ0n) is 23.2. The third kappa shape index (κ3) is 6.30. The Balaban J connectivity index is 1.55. The van der Waals surface area contributed by atoms with Gasteiger partial charge in [0.15, 0.2) is 0 Å². The van der Waals surface area contributed by atoms with Crippen molar-refractivity contribution in [2.24, 2.45) is 5.73 Å². The fourth-order valence-corrected chi connectivity index (χ4v) is 5.57. The first-order chi connectivity index (χ1) is 21.3. The zero-order valence-corrected chi connectivity index (χ0v) is 23.2. The van der Waals surface area contributed by atoms with Crippen molar-refractivity contribution in [3.8, 4) is 11.1 Å². The van der Waals surface area contributed by atoms with Crippen molar-refractivity contribution < 1.29 is 40.3 Å². The van der Waals surface area contributed by atoms with E-state index in [2.05, 4.69) is 22.0 Å². The Labute approximate surface area is 251 Å². The second-order valence-corrected chi connectivity index (χ2v) is 10.5. The van der Waals surface area contributed by atoms with Crippen LogP contribution >= 0.6 is 0 Å². The van der Waals surface area contributed by atoms with Crippen LogP contribution in [0.3, 0.4) is 0 Å². The molecule has 1 aliphatic carbocycles. The number of allylic oxidation sites excluding steroid dienone is 1. The van der Waals surface area contributed by atoms with Gasteiger partial charge in [0.1, 0.15) is 35.4 Å². The first kappa shape index (κ1) is 31.4. The summed E-state index contributed by atoms with van der Waals surface area (Å²) in [5, 5.41) is 6.22. The molecule has 2 aromatic heterocycles. The van der Waals surface area contributed by atoms with Gasteiger partial charge in [-0.15, -0.1) is 6.58 Å². The van der Waals surface area contributed by atoms with E-state index in [0.717, 1.165) is 30.3 Å². The minimum absolute atomic E-state index is 0.0756. The summed E-state index contributed by atoms with van der Waals surface area (Å²) in [5.41, 5.74) is 3.43. The third-order valence-corrected chi connectivity index (χ3v) is 7.40. The lowest BCUT2D eigenvalue weighted by molar-refractivity contribution is -0.122. The summed E-state index contributed by atoms with van der Waals surface area (Å²) in [7, 11) is 0. The quantitative estimate of drug-likeness (QED) is 0.159. The maximum absolute atomic E-state index is 15.0. The van der Waals surface area contributed by atoms with Crippen molar-refractivity contribution in [3.63, 3.8) is 0 Å². The number of primary amides is 1. The maximum atomic E-state index is 15.0. The first-order valence-electron chi connectivity index (χ1n) is 13.5. The molecule has 0 fully saturated rings. The molecule has 45 heavy (non-hydrogen) atoms. The fourth-order valence-electron chi connectivity index (χ4n) is 5.57. The summed E-state index contributed by atoms with van der Waals surface area (Å²) in [5.74, 6) is -9.41. The van der Waals surface area contributed by atoms with Crippen LogP contribution in [-0.4, -0.2) is 26.6 Å². The number of nitrogens with two attached hydrogens (primary N) is 1. The van der Waals surface area contributed by atoms with Crippen LogP contribution in [-0.2, 0) is 23.7 Å². The fraction of sp³-hybridized carbons (Fsp3) is 0.226. The van der Waals surface area contributed by atoms with Gasteiger partial charge in [-0.25, -0.2) is 22.0 Å².